The Balaban J connectivity index is 1.95. The third kappa shape index (κ3) is 2.35. The van der Waals surface area contributed by atoms with E-state index in [0.29, 0.717) is 5.92 Å². The predicted octanol–water partition coefficient (Wildman–Crippen LogP) is 1.42. The number of rotatable bonds is 3. The fourth-order valence-electron chi connectivity index (χ4n) is 1.29. The maximum atomic E-state index is 11.6. The van der Waals surface area contributed by atoms with Gasteiger partial charge in [-0.1, -0.05) is 13.8 Å². The number of amides is 1. The lowest BCUT2D eigenvalue weighted by molar-refractivity contribution is -0.121. The molecule has 1 aliphatic heterocycles. The fraction of sp³-hybridized carbons (Fsp3) is 0.600. The molecule has 2 rings (SSSR count). The maximum Gasteiger partial charge on any atom is 0.231 e. The van der Waals surface area contributed by atoms with Crippen molar-refractivity contribution >= 4 is 22.4 Å². The van der Waals surface area contributed by atoms with Crippen LogP contribution in [0, 0.1) is 5.92 Å². The zero-order valence-electron chi connectivity index (χ0n) is 8.91. The molecule has 15 heavy (non-hydrogen) atoms. The first kappa shape index (κ1) is 10.6. The van der Waals surface area contributed by atoms with Crippen molar-refractivity contribution in [2.75, 3.05) is 18.4 Å². The Morgan fingerprint density at radius 3 is 2.87 bits per heavy atom. The van der Waals surface area contributed by atoms with E-state index in [2.05, 4.69) is 29.5 Å². The Labute approximate surface area is 93.1 Å². The van der Waals surface area contributed by atoms with Crippen LogP contribution in [0.1, 0.15) is 25.5 Å². The minimum atomic E-state index is 0.0819. The predicted molar refractivity (Wildman–Crippen MR) is 61.2 cm³/mol. The average molecular weight is 225 g/mol. The number of anilines is 1. The second kappa shape index (κ2) is 4.28. The van der Waals surface area contributed by atoms with Gasteiger partial charge in [-0.15, -0.1) is 11.3 Å². The maximum absolute atomic E-state index is 11.6. The second-order valence-electron chi connectivity index (χ2n) is 4.08. The van der Waals surface area contributed by atoms with Gasteiger partial charge in [0.25, 0.3) is 0 Å². The average Bonchev–Trinajstić information content (AvgIpc) is 2.48. The summed E-state index contributed by atoms with van der Waals surface area (Å²) < 4.78 is 0. The second-order valence-corrected chi connectivity index (χ2v) is 4.93. The van der Waals surface area contributed by atoms with Crippen molar-refractivity contribution in [1.29, 1.82) is 0 Å². The molecule has 0 spiro atoms. The van der Waals surface area contributed by atoms with Crippen molar-refractivity contribution in [3.63, 3.8) is 0 Å². The van der Waals surface area contributed by atoms with Crippen LogP contribution in [0.3, 0.4) is 0 Å². The quantitative estimate of drug-likeness (QED) is 0.818. The van der Waals surface area contributed by atoms with Gasteiger partial charge in [-0.05, 0) is 5.92 Å². The first-order valence-electron chi connectivity index (χ1n) is 5.14. The number of nitrogens with one attached hydrogen (secondary N) is 2. The number of nitrogens with zero attached hydrogens (tertiary/aromatic N) is 1. The van der Waals surface area contributed by atoms with E-state index < -0.39 is 0 Å². The molecule has 1 aromatic heterocycles. The highest BCUT2D eigenvalue weighted by Crippen LogP contribution is 2.22. The van der Waals surface area contributed by atoms with E-state index >= 15 is 0 Å². The molecule has 2 N–H and O–H groups in total. The highest BCUT2D eigenvalue weighted by atomic mass is 32.1. The topological polar surface area (TPSA) is 54.0 Å². The van der Waals surface area contributed by atoms with E-state index in [1.54, 1.807) is 0 Å². The Kier molecular flexibility index (Phi) is 3.02. The summed E-state index contributed by atoms with van der Waals surface area (Å²) in [5.74, 6) is 0.618. The van der Waals surface area contributed by atoms with E-state index in [0.717, 1.165) is 23.9 Å². The van der Waals surface area contributed by atoms with Gasteiger partial charge >= 0.3 is 0 Å². The van der Waals surface area contributed by atoms with Crippen molar-refractivity contribution in [3.05, 3.63) is 11.1 Å². The number of hydrogen-bond acceptors (Lipinski definition) is 4. The van der Waals surface area contributed by atoms with Crippen LogP contribution in [-0.2, 0) is 4.79 Å². The van der Waals surface area contributed by atoms with Crippen LogP contribution < -0.4 is 10.6 Å². The van der Waals surface area contributed by atoms with Gasteiger partial charge in [0.2, 0.25) is 5.91 Å². The summed E-state index contributed by atoms with van der Waals surface area (Å²) >= 11 is 1.49. The molecule has 0 radical (unpaired) electrons. The molecule has 2 heterocycles. The molecular weight excluding hydrogens is 210 g/mol. The monoisotopic (exact) mass is 225 g/mol. The van der Waals surface area contributed by atoms with Crippen LogP contribution in [0.25, 0.3) is 0 Å². The van der Waals surface area contributed by atoms with Crippen LogP contribution in [0.4, 0.5) is 5.13 Å². The zero-order chi connectivity index (χ0) is 10.8. The lowest BCUT2D eigenvalue weighted by Crippen LogP contribution is -2.48. The molecule has 0 aromatic carbocycles. The molecule has 0 unspecified atom stereocenters. The molecule has 1 saturated heterocycles. The molecule has 0 atom stereocenters. The van der Waals surface area contributed by atoms with Crippen molar-refractivity contribution < 1.29 is 4.79 Å². The number of thiazole rings is 1. The SMILES string of the molecule is CC(C)c1csc(NC(=O)C2CNC2)n1. The van der Waals surface area contributed by atoms with E-state index in [1.165, 1.54) is 11.3 Å². The van der Waals surface area contributed by atoms with E-state index in [-0.39, 0.29) is 11.8 Å². The first-order chi connectivity index (χ1) is 7.16. The third-order valence-corrected chi connectivity index (χ3v) is 3.27. The largest absolute Gasteiger partial charge is 0.315 e. The van der Waals surface area contributed by atoms with E-state index in [1.807, 2.05) is 5.38 Å². The molecule has 4 nitrogen and oxygen atoms in total. The highest BCUT2D eigenvalue weighted by molar-refractivity contribution is 7.13. The van der Waals surface area contributed by atoms with Gasteiger partial charge in [-0.2, -0.15) is 0 Å². The van der Waals surface area contributed by atoms with Crippen molar-refractivity contribution in [3.8, 4) is 0 Å². The summed E-state index contributed by atoms with van der Waals surface area (Å²) in [5, 5.41) is 8.64. The first-order valence-corrected chi connectivity index (χ1v) is 6.02. The molecule has 1 aromatic rings. The molecule has 82 valence electrons. The Morgan fingerprint density at radius 1 is 1.67 bits per heavy atom. The minimum absolute atomic E-state index is 0.0819. The van der Waals surface area contributed by atoms with E-state index in [4.69, 9.17) is 0 Å². The summed E-state index contributed by atoms with van der Waals surface area (Å²) in [7, 11) is 0. The summed E-state index contributed by atoms with van der Waals surface area (Å²) in [6, 6.07) is 0. The minimum Gasteiger partial charge on any atom is -0.315 e. The summed E-state index contributed by atoms with van der Waals surface area (Å²) in [6.07, 6.45) is 0. The van der Waals surface area contributed by atoms with Gasteiger partial charge in [0.05, 0.1) is 11.6 Å². The molecular formula is C10H15N3OS. The zero-order valence-corrected chi connectivity index (χ0v) is 9.73. The normalized spacial score (nSPS) is 16.5. The summed E-state index contributed by atoms with van der Waals surface area (Å²) in [4.78, 5) is 15.9. The van der Waals surface area contributed by atoms with Gasteiger partial charge < -0.3 is 10.6 Å². The Morgan fingerprint density at radius 2 is 2.40 bits per heavy atom. The standard InChI is InChI=1S/C10H15N3OS/c1-6(2)8-5-15-10(12-8)13-9(14)7-3-11-4-7/h5-7,11H,3-4H2,1-2H3,(H,12,13,14). The van der Waals surface area contributed by atoms with Crippen LogP contribution in [0.15, 0.2) is 5.38 Å². The summed E-state index contributed by atoms with van der Waals surface area (Å²) in [5.41, 5.74) is 1.04. The van der Waals surface area contributed by atoms with Gasteiger partial charge in [-0.3, -0.25) is 4.79 Å². The van der Waals surface area contributed by atoms with Crippen molar-refractivity contribution in [2.24, 2.45) is 5.92 Å². The Hall–Kier alpha value is -0.940. The summed E-state index contributed by atoms with van der Waals surface area (Å²) in [6.45, 7) is 5.76. The van der Waals surface area contributed by atoms with Crippen LogP contribution in [0.5, 0.6) is 0 Å². The molecule has 0 bridgehead atoms. The number of hydrogen-bond donors (Lipinski definition) is 2. The van der Waals surface area contributed by atoms with Crippen molar-refractivity contribution in [1.82, 2.24) is 10.3 Å². The molecule has 1 amide bonds. The fourth-order valence-corrected chi connectivity index (χ4v) is 2.17. The number of carbonyl (C=O) groups excluding carboxylic acids is 1. The highest BCUT2D eigenvalue weighted by Gasteiger charge is 2.25. The van der Waals surface area contributed by atoms with Gasteiger partial charge in [0.15, 0.2) is 5.13 Å². The van der Waals surface area contributed by atoms with Crippen LogP contribution in [-0.4, -0.2) is 24.0 Å². The molecule has 1 aliphatic rings. The third-order valence-electron chi connectivity index (χ3n) is 2.50. The molecule has 0 saturated carbocycles. The molecule has 1 fully saturated rings. The molecule has 0 aliphatic carbocycles. The van der Waals surface area contributed by atoms with Crippen LogP contribution in [0.2, 0.25) is 0 Å². The van der Waals surface area contributed by atoms with Gasteiger partial charge in [0, 0.05) is 18.5 Å². The lowest BCUT2D eigenvalue weighted by Gasteiger charge is -2.25. The van der Waals surface area contributed by atoms with Crippen LogP contribution >= 0.6 is 11.3 Å². The number of aromatic nitrogens is 1. The van der Waals surface area contributed by atoms with Gasteiger partial charge in [0.1, 0.15) is 0 Å². The van der Waals surface area contributed by atoms with Crippen molar-refractivity contribution in [2.45, 2.75) is 19.8 Å². The lowest BCUT2D eigenvalue weighted by atomic mass is 10.0. The smallest absolute Gasteiger partial charge is 0.231 e. The Bertz CT molecular complexity index is 357. The van der Waals surface area contributed by atoms with Gasteiger partial charge in [-0.25, -0.2) is 4.98 Å². The number of carbonyl (C=O) groups is 1. The van der Waals surface area contributed by atoms with E-state index in [9.17, 15) is 4.79 Å². The molecule has 5 heteroatoms.